The average molecular weight is 436 g/mol. The van der Waals surface area contributed by atoms with Gasteiger partial charge in [-0.3, -0.25) is 14.6 Å². The van der Waals surface area contributed by atoms with E-state index in [1.165, 1.54) is 5.56 Å². The number of rotatable bonds is 6. The number of carbonyl (C=O) groups is 1. The van der Waals surface area contributed by atoms with E-state index in [4.69, 9.17) is 9.47 Å². The third-order valence-electron chi connectivity index (χ3n) is 5.49. The van der Waals surface area contributed by atoms with E-state index in [2.05, 4.69) is 23.1 Å². The number of allylic oxidation sites excluding steroid dienone is 1. The van der Waals surface area contributed by atoms with Crippen LogP contribution in [-0.4, -0.2) is 42.0 Å². The number of nitriles is 1. The van der Waals surface area contributed by atoms with Gasteiger partial charge in [-0.25, -0.2) is 0 Å². The Kier molecular flexibility index (Phi) is 6.50. The zero-order valence-electron chi connectivity index (χ0n) is 17.7. The average Bonchev–Trinajstić information content (AvgIpc) is 2.80. The molecule has 2 aliphatic rings. The molecule has 0 saturated carbocycles. The lowest BCUT2D eigenvalue weighted by molar-refractivity contribution is -0.131. The molecule has 1 atom stereocenters. The lowest BCUT2D eigenvalue weighted by atomic mass is 9.86. The Labute approximate surface area is 187 Å². The number of benzene rings is 2. The van der Waals surface area contributed by atoms with E-state index < -0.39 is 0 Å². The van der Waals surface area contributed by atoms with Crippen molar-refractivity contribution in [1.29, 1.82) is 5.26 Å². The Morgan fingerprint density at radius 2 is 2.00 bits per heavy atom. The van der Waals surface area contributed by atoms with Crippen molar-refractivity contribution in [2.75, 3.05) is 26.3 Å². The molecule has 31 heavy (non-hydrogen) atoms. The number of hydrogen-bond donors (Lipinski definition) is 0. The molecule has 0 radical (unpaired) electrons. The van der Waals surface area contributed by atoms with Crippen LogP contribution >= 0.6 is 11.8 Å². The van der Waals surface area contributed by atoms with Gasteiger partial charge in [0.15, 0.2) is 11.5 Å². The van der Waals surface area contributed by atoms with Gasteiger partial charge in [0.1, 0.15) is 0 Å². The number of thioether (sulfide) groups is 1. The molecule has 0 aliphatic carbocycles. The second-order valence-electron chi connectivity index (χ2n) is 7.48. The zero-order chi connectivity index (χ0) is 21.8. The summed E-state index contributed by atoms with van der Waals surface area (Å²) in [6.45, 7) is 3.73. The van der Waals surface area contributed by atoms with Gasteiger partial charge in [-0.15, -0.1) is 0 Å². The minimum Gasteiger partial charge on any atom is -0.493 e. The first kappa shape index (κ1) is 21.3. The highest BCUT2D eigenvalue weighted by molar-refractivity contribution is 8.03. The van der Waals surface area contributed by atoms with Crippen molar-refractivity contribution in [3.05, 3.63) is 70.3 Å². The number of methoxy groups -OCH3 is 1. The smallest absolute Gasteiger partial charge is 0.229 e. The Morgan fingerprint density at radius 3 is 2.71 bits per heavy atom. The molecule has 4 rings (SSSR count). The van der Waals surface area contributed by atoms with Crippen LogP contribution in [0, 0.1) is 11.3 Å². The van der Waals surface area contributed by atoms with Crippen LogP contribution in [0.5, 0.6) is 11.5 Å². The van der Waals surface area contributed by atoms with E-state index in [9.17, 15) is 10.1 Å². The summed E-state index contributed by atoms with van der Waals surface area (Å²) in [4.78, 5) is 17.1. The Hall–Kier alpha value is -2.95. The van der Waals surface area contributed by atoms with Gasteiger partial charge >= 0.3 is 0 Å². The van der Waals surface area contributed by atoms with Gasteiger partial charge in [0.25, 0.3) is 0 Å². The molecule has 2 aliphatic heterocycles. The summed E-state index contributed by atoms with van der Waals surface area (Å²) < 4.78 is 11.1. The maximum Gasteiger partial charge on any atom is 0.229 e. The first-order valence-corrected chi connectivity index (χ1v) is 11.3. The first-order chi connectivity index (χ1) is 15.1. The molecule has 1 fully saturated rings. The monoisotopic (exact) mass is 435 g/mol. The molecule has 0 unspecified atom stereocenters. The van der Waals surface area contributed by atoms with Crippen molar-refractivity contribution in [1.82, 2.24) is 9.80 Å². The number of amides is 1. The molecule has 1 saturated heterocycles. The van der Waals surface area contributed by atoms with Crippen LogP contribution < -0.4 is 9.47 Å². The van der Waals surface area contributed by atoms with E-state index in [0.717, 1.165) is 23.0 Å². The number of nitrogens with zero attached hydrogens (tertiary/aromatic N) is 3. The topological polar surface area (TPSA) is 65.8 Å². The van der Waals surface area contributed by atoms with Gasteiger partial charge in [-0.05, 0) is 30.2 Å². The summed E-state index contributed by atoms with van der Waals surface area (Å²) in [5.74, 6) is 1.77. The molecule has 6 nitrogen and oxygen atoms in total. The molecule has 2 aromatic rings. The summed E-state index contributed by atoms with van der Waals surface area (Å²) in [6, 6.07) is 18.3. The van der Waals surface area contributed by atoms with E-state index >= 15 is 0 Å². The third-order valence-corrected chi connectivity index (χ3v) is 6.70. The molecular weight excluding hydrogens is 410 g/mol. The predicted octanol–water partition coefficient (Wildman–Crippen LogP) is 4.31. The van der Waals surface area contributed by atoms with Crippen LogP contribution in [0.15, 0.2) is 59.1 Å². The third kappa shape index (κ3) is 4.41. The minimum absolute atomic E-state index is 0.0390. The molecular formula is C24H25N3O3S. The van der Waals surface area contributed by atoms with Crippen molar-refractivity contribution < 1.29 is 14.3 Å². The Balaban J connectivity index is 1.60. The van der Waals surface area contributed by atoms with Gasteiger partial charge in [0.2, 0.25) is 5.91 Å². The molecule has 0 bridgehead atoms. The van der Waals surface area contributed by atoms with Gasteiger partial charge in [0.05, 0.1) is 42.9 Å². The fourth-order valence-corrected chi connectivity index (χ4v) is 5.15. The fourth-order valence-electron chi connectivity index (χ4n) is 4.01. The fraction of sp³-hybridized carbons (Fsp3) is 0.333. The van der Waals surface area contributed by atoms with E-state index in [1.807, 2.05) is 43.3 Å². The van der Waals surface area contributed by atoms with Crippen LogP contribution in [-0.2, 0) is 11.3 Å². The summed E-state index contributed by atoms with van der Waals surface area (Å²) in [6.07, 6.45) is 0.267. The number of fused-ring (bicyclic) bond motifs is 1. The number of hydrogen-bond acceptors (Lipinski definition) is 6. The van der Waals surface area contributed by atoms with E-state index in [0.29, 0.717) is 30.3 Å². The highest BCUT2D eigenvalue weighted by atomic mass is 32.2. The second kappa shape index (κ2) is 9.46. The van der Waals surface area contributed by atoms with Crippen LogP contribution in [0.25, 0.3) is 0 Å². The van der Waals surface area contributed by atoms with Crippen LogP contribution in [0.3, 0.4) is 0 Å². The van der Waals surface area contributed by atoms with Gasteiger partial charge < -0.3 is 9.47 Å². The quantitative estimate of drug-likeness (QED) is 0.674. The number of carbonyl (C=O) groups excluding carboxylic acids is 1. The molecule has 7 heteroatoms. The Bertz CT molecular complexity index is 1030. The van der Waals surface area contributed by atoms with Crippen LogP contribution in [0.2, 0.25) is 0 Å². The van der Waals surface area contributed by atoms with Crippen molar-refractivity contribution in [2.45, 2.75) is 25.8 Å². The Morgan fingerprint density at radius 1 is 1.19 bits per heavy atom. The standard InChI is InChI=1S/C24H25N3O3S/c1-3-30-21-10-9-18(11-22(21)29-2)19-12-23(28)27-15-26(14-17-7-5-4-6-8-17)16-31-24(27)20(19)13-25/h4-11,19H,3,12,14-16H2,1-2H3/t19-/m1/s1. The first-order valence-electron chi connectivity index (χ1n) is 10.3. The molecule has 1 amide bonds. The van der Waals surface area contributed by atoms with Crippen molar-refractivity contribution in [2.24, 2.45) is 0 Å². The molecule has 2 aromatic carbocycles. The zero-order valence-corrected chi connectivity index (χ0v) is 18.5. The minimum atomic E-state index is -0.276. The summed E-state index contributed by atoms with van der Waals surface area (Å²) in [5.41, 5.74) is 2.75. The molecule has 2 heterocycles. The lowest BCUT2D eigenvalue weighted by Gasteiger charge is -2.41. The summed E-state index contributed by atoms with van der Waals surface area (Å²) in [7, 11) is 1.59. The van der Waals surface area contributed by atoms with Gasteiger partial charge in [-0.1, -0.05) is 48.2 Å². The van der Waals surface area contributed by atoms with Crippen LogP contribution in [0.4, 0.5) is 0 Å². The maximum atomic E-state index is 13.1. The largest absolute Gasteiger partial charge is 0.493 e. The second-order valence-corrected chi connectivity index (χ2v) is 8.42. The summed E-state index contributed by atoms with van der Waals surface area (Å²) in [5, 5.41) is 10.8. The highest BCUT2D eigenvalue weighted by Crippen LogP contribution is 2.44. The van der Waals surface area contributed by atoms with Crippen molar-refractivity contribution in [3.8, 4) is 17.6 Å². The SMILES string of the molecule is CCOc1ccc([C@H]2CC(=O)N3CN(Cc4ccccc4)CSC3=C2C#N)cc1OC. The van der Waals surface area contributed by atoms with E-state index in [-0.39, 0.29) is 18.2 Å². The highest BCUT2D eigenvalue weighted by Gasteiger charge is 2.38. The van der Waals surface area contributed by atoms with Crippen molar-refractivity contribution >= 4 is 17.7 Å². The molecule has 0 spiro atoms. The normalized spacial score (nSPS) is 19.1. The van der Waals surface area contributed by atoms with Gasteiger partial charge in [0, 0.05) is 18.9 Å². The predicted molar refractivity (Wildman–Crippen MR) is 120 cm³/mol. The summed E-state index contributed by atoms with van der Waals surface area (Å²) >= 11 is 1.56. The maximum absolute atomic E-state index is 13.1. The molecule has 0 N–H and O–H groups in total. The lowest BCUT2D eigenvalue weighted by Crippen LogP contribution is -2.46. The molecule has 160 valence electrons. The van der Waals surface area contributed by atoms with E-state index in [1.54, 1.807) is 23.8 Å². The van der Waals surface area contributed by atoms with Gasteiger partial charge in [-0.2, -0.15) is 5.26 Å². The van der Waals surface area contributed by atoms with Crippen LogP contribution in [0.1, 0.15) is 30.4 Å². The molecule has 0 aromatic heterocycles. The van der Waals surface area contributed by atoms with Crippen molar-refractivity contribution in [3.63, 3.8) is 0 Å². The number of ether oxygens (including phenoxy) is 2.